The second kappa shape index (κ2) is 5.68. The highest BCUT2D eigenvalue weighted by Gasteiger charge is 2.59. The number of allylic oxidation sites excluding steroid dienone is 3. The van der Waals surface area contributed by atoms with Crippen molar-refractivity contribution >= 4 is 5.71 Å². The summed E-state index contributed by atoms with van der Waals surface area (Å²) >= 11 is 0. The maximum Gasteiger partial charge on any atom is 0.0799 e. The van der Waals surface area contributed by atoms with Gasteiger partial charge in [-0.2, -0.15) is 0 Å². The summed E-state index contributed by atoms with van der Waals surface area (Å²) in [6.45, 7) is 6.47. The van der Waals surface area contributed by atoms with E-state index in [0.717, 1.165) is 37.8 Å². The molecule has 2 saturated carbocycles. The van der Waals surface area contributed by atoms with Crippen LogP contribution in [0.2, 0.25) is 0 Å². The average Bonchev–Trinajstić information content (AvgIpc) is 2.93. The number of fused-ring (bicyclic) bond motifs is 5. The number of hydrogen-bond donors (Lipinski definition) is 3. The topological polar surface area (TPSA) is 73.1 Å². The molecule has 0 aromatic carbocycles. The van der Waals surface area contributed by atoms with Crippen LogP contribution in [0.15, 0.2) is 28.5 Å². The molecule has 0 heterocycles. The zero-order valence-electron chi connectivity index (χ0n) is 15.6. The highest BCUT2D eigenvalue weighted by Crippen LogP contribution is 2.65. The van der Waals surface area contributed by atoms with Crippen LogP contribution in [0.1, 0.15) is 59.3 Å². The summed E-state index contributed by atoms with van der Waals surface area (Å²) in [5, 5.41) is 33.7. The second-order valence-corrected chi connectivity index (χ2v) is 9.23. The number of aliphatic hydroxyl groups is 2. The number of rotatable bonds is 1. The maximum absolute atomic E-state index is 10.9. The molecule has 138 valence electrons. The molecule has 0 saturated heterocycles. The quantitative estimate of drug-likeness (QED) is 0.294. The van der Waals surface area contributed by atoms with Crippen molar-refractivity contribution in [1.82, 2.24) is 0 Å². The van der Waals surface area contributed by atoms with Gasteiger partial charge in [-0.15, -0.1) is 0 Å². The normalized spacial score (nSPS) is 49.6. The Kier molecular flexibility index (Phi) is 3.93. The number of oxime groups is 1. The molecule has 4 nitrogen and oxygen atoms in total. The van der Waals surface area contributed by atoms with Crippen molar-refractivity contribution in [3.63, 3.8) is 0 Å². The third-order valence-corrected chi connectivity index (χ3v) is 8.30. The van der Waals surface area contributed by atoms with Crippen molar-refractivity contribution in [1.29, 1.82) is 0 Å². The van der Waals surface area contributed by atoms with E-state index < -0.39 is 12.2 Å². The molecule has 2 fully saturated rings. The third kappa shape index (κ3) is 2.23. The molecule has 0 bridgehead atoms. The van der Waals surface area contributed by atoms with Crippen LogP contribution in [0.4, 0.5) is 0 Å². The summed E-state index contributed by atoms with van der Waals surface area (Å²) in [5.41, 5.74) is 3.15. The van der Waals surface area contributed by atoms with E-state index in [1.54, 1.807) is 0 Å². The highest BCUT2D eigenvalue weighted by atomic mass is 16.4. The lowest BCUT2D eigenvalue weighted by molar-refractivity contribution is -0.0959. The number of nitrogens with zero attached hydrogens (tertiary/aromatic N) is 1. The van der Waals surface area contributed by atoms with Gasteiger partial charge in [0, 0.05) is 11.8 Å². The van der Waals surface area contributed by atoms with E-state index in [1.807, 2.05) is 6.92 Å². The highest BCUT2D eigenvalue weighted by molar-refractivity contribution is 5.99. The van der Waals surface area contributed by atoms with E-state index in [4.69, 9.17) is 0 Å². The van der Waals surface area contributed by atoms with Crippen LogP contribution in [-0.2, 0) is 0 Å². The van der Waals surface area contributed by atoms with Gasteiger partial charge >= 0.3 is 0 Å². The molecule has 4 aliphatic carbocycles. The van der Waals surface area contributed by atoms with Crippen molar-refractivity contribution in [3.8, 4) is 0 Å². The van der Waals surface area contributed by atoms with Crippen LogP contribution in [0.25, 0.3) is 0 Å². The first-order valence-electron chi connectivity index (χ1n) is 9.77. The van der Waals surface area contributed by atoms with Crippen LogP contribution in [0, 0.1) is 28.6 Å². The SMILES string of the molecule is C/C(=N/O)C1=CC[C@@H]2[C@H]3CC=C4C[C@@H](O)C[C@@H](O)[C@]4(C)[C@@H]3CC[C@]12C. The maximum atomic E-state index is 10.9. The molecule has 3 N–H and O–H groups in total. The molecular weight excluding hydrogens is 314 g/mol. The molecule has 25 heavy (non-hydrogen) atoms. The fraction of sp³-hybridized carbons (Fsp3) is 0.762. The Labute approximate surface area is 150 Å². The summed E-state index contributed by atoms with van der Waals surface area (Å²) < 4.78 is 0. The minimum Gasteiger partial charge on any atom is -0.411 e. The first kappa shape index (κ1) is 17.3. The molecule has 4 rings (SSSR count). The minimum absolute atomic E-state index is 0.0817. The Balaban J connectivity index is 1.69. The van der Waals surface area contributed by atoms with Gasteiger partial charge in [-0.25, -0.2) is 0 Å². The van der Waals surface area contributed by atoms with Gasteiger partial charge in [0.2, 0.25) is 0 Å². The molecule has 7 atom stereocenters. The predicted octanol–water partition coefficient (Wildman–Crippen LogP) is 3.67. The Bertz CT molecular complexity index is 666. The van der Waals surface area contributed by atoms with Gasteiger partial charge in [0.25, 0.3) is 0 Å². The van der Waals surface area contributed by atoms with E-state index in [2.05, 4.69) is 31.2 Å². The van der Waals surface area contributed by atoms with Gasteiger partial charge in [-0.05, 0) is 67.8 Å². The summed E-state index contributed by atoms with van der Waals surface area (Å²) in [5.74, 6) is 1.58. The smallest absolute Gasteiger partial charge is 0.0799 e. The van der Waals surface area contributed by atoms with Crippen molar-refractivity contribution in [2.24, 2.45) is 33.7 Å². The van der Waals surface area contributed by atoms with E-state index in [-0.39, 0.29) is 10.8 Å². The van der Waals surface area contributed by atoms with E-state index in [1.165, 1.54) is 11.1 Å². The molecule has 4 aliphatic rings. The number of hydrogen-bond acceptors (Lipinski definition) is 4. The monoisotopic (exact) mass is 345 g/mol. The Morgan fingerprint density at radius 3 is 2.64 bits per heavy atom. The van der Waals surface area contributed by atoms with Gasteiger partial charge in [-0.3, -0.25) is 0 Å². The molecule has 0 aliphatic heterocycles. The lowest BCUT2D eigenvalue weighted by Crippen LogP contribution is -2.55. The molecule has 0 amide bonds. The van der Waals surface area contributed by atoms with Crippen molar-refractivity contribution in [3.05, 3.63) is 23.3 Å². The molecule has 0 aromatic rings. The van der Waals surface area contributed by atoms with Crippen LogP contribution in [0.5, 0.6) is 0 Å². The molecular formula is C21H31NO3. The Morgan fingerprint density at radius 2 is 1.92 bits per heavy atom. The largest absolute Gasteiger partial charge is 0.411 e. The zero-order chi connectivity index (χ0) is 18.0. The van der Waals surface area contributed by atoms with Crippen LogP contribution in [0.3, 0.4) is 0 Å². The summed E-state index contributed by atoms with van der Waals surface area (Å²) in [6.07, 6.45) is 9.23. The average molecular weight is 345 g/mol. The van der Waals surface area contributed by atoms with E-state index in [9.17, 15) is 15.4 Å². The fourth-order valence-corrected chi connectivity index (χ4v) is 6.88. The van der Waals surface area contributed by atoms with Gasteiger partial charge in [-0.1, -0.05) is 36.7 Å². The molecule has 0 spiro atoms. The van der Waals surface area contributed by atoms with Crippen molar-refractivity contribution < 1.29 is 15.4 Å². The fourth-order valence-electron chi connectivity index (χ4n) is 6.88. The van der Waals surface area contributed by atoms with Gasteiger partial charge in [0.1, 0.15) is 0 Å². The molecule has 0 unspecified atom stereocenters. The second-order valence-electron chi connectivity index (χ2n) is 9.23. The van der Waals surface area contributed by atoms with Crippen LogP contribution >= 0.6 is 0 Å². The Morgan fingerprint density at radius 1 is 1.16 bits per heavy atom. The number of aliphatic hydroxyl groups excluding tert-OH is 2. The Hall–Kier alpha value is -1.13. The van der Waals surface area contributed by atoms with Crippen LogP contribution in [-0.4, -0.2) is 33.3 Å². The molecule has 0 aromatic heterocycles. The lowest BCUT2D eigenvalue weighted by Gasteiger charge is -2.59. The van der Waals surface area contributed by atoms with Gasteiger partial charge < -0.3 is 15.4 Å². The summed E-state index contributed by atoms with van der Waals surface area (Å²) in [7, 11) is 0. The van der Waals surface area contributed by atoms with Gasteiger partial charge in [0.15, 0.2) is 0 Å². The third-order valence-electron chi connectivity index (χ3n) is 8.30. The molecule has 4 heteroatoms. The standard InChI is InChI=1S/C21H31NO3/c1-12(22-25)16-6-7-17-15-5-4-13-10-14(23)11-19(24)21(13,3)18(15)8-9-20(16,17)2/h4,6,14-15,17-19,23-25H,5,7-11H2,1-3H3/b22-12-/t14-,15-,17-,18-,19-,20-,21+/m1/s1. The van der Waals surface area contributed by atoms with Crippen molar-refractivity contribution in [2.45, 2.75) is 71.5 Å². The van der Waals surface area contributed by atoms with E-state index >= 15 is 0 Å². The minimum atomic E-state index is -0.450. The van der Waals surface area contributed by atoms with Crippen LogP contribution < -0.4 is 0 Å². The predicted molar refractivity (Wildman–Crippen MR) is 97.5 cm³/mol. The van der Waals surface area contributed by atoms with Crippen molar-refractivity contribution in [2.75, 3.05) is 0 Å². The van der Waals surface area contributed by atoms with E-state index in [0.29, 0.717) is 24.2 Å². The van der Waals surface area contributed by atoms with Gasteiger partial charge in [0.05, 0.1) is 17.9 Å². The first-order valence-corrected chi connectivity index (χ1v) is 9.77. The molecule has 0 radical (unpaired) electrons. The summed E-state index contributed by atoms with van der Waals surface area (Å²) in [6, 6.07) is 0. The summed E-state index contributed by atoms with van der Waals surface area (Å²) in [4.78, 5) is 0. The first-order chi connectivity index (χ1) is 11.8. The zero-order valence-corrected chi connectivity index (χ0v) is 15.6. The lowest BCUT2D eigenvalue weighted by atomic mass is 9.46.